The van der Waals surface area contributed by atoms with Gasteiger partial charge in [-0.15, -0.1) is 0 Å². The lowest BCUT2D eigenvalue weighted by Gasteiger charge is -2.44. The zero-order chi connectivity index (χ0) is 40.5. The maximum absolute atomic E-state index is 6.20. The summed E-state index contributed by atoms with van der Waals surface area (Å²) in [4.78, 5) is 9.58. The third-order valence-corrected chi connectivity index (χ3v) is 12.3. The number of hydrogen-bond acceptors (Lipinski definition) is 6. The van der Waals surface area contributed by atoms with Crippen LogP contribution in [-0.2, 0) is 5.66 Å². The van der Waals surface area contributed by atoms with Crippen LogP contribution in [0.4, 0.5) is 5.69 Å². The van der Waals surface area contributed by atoms with Gasteiger partial charge in [0.05, 0.1) is 6.04 Å². The minimum absolute atomic E-state index is 0.209. The van der Waals surface area contributed by atoms with E-state index in [-0.39, 0.29) is 6.04 Å². The van der Waals surface area contributed by atoms with E-state index in [1.807, 2.05) is 48.5 Å². The summed E-state index contributed by atoms with van der Waals surface area (Å²) in [6.45, 7) is 2.23. The molecule has 2 atom stereocenters. The van der Waals surface area contributed by atoms with Crippen molar-refractivity contribution in [1.29, 1.82) is 0 Å². The zero-order valence-corrected chi connectivity index (χ0v) is 33.3. The molecular weight excluding hydrogens is 749 g/mol. The molecule has 6 nitrogen and oxygen atoms in total. The Hall–Kier alpha value is -7.80. The molecule has 2 N–H and O–H groups in total. The van der Waals surface area contributed by atoms with E-state index in [4.69, 9.17) is 18.8 Å². The summed E-state index contributed by atoms with van der Waals surface area (Å²) in [5, 5.41) is 13.0. The van der Waals surface area contributed by atoms with Crippen LogP contribution in [0.3, 0.4) is 0 Å². The highest BCUT2D eigenvalue weighted by atomic mass is 16.4. The molecular formula is C55H38N4O2. The molecule has 0 bridgehead atoms. The van der Waals surface area contributed by atoms with Gasteiger partial charge in [0.2, 0.25) is 11.8 Å². The van der Waals surface area contributed by atoms with Crippen molar-refractivity contribution in [3.63, 3.8) is 0 Å². The average molecular weight is 787 g/mol. The Morgan fingerprint density at radius 2 is 1.00 bits per heavy atom. The minimum Gasteiger partial charge on any atom is -0.436 e. The van der Waals surface area contributed by atoms with Crippen LogP contribution >= 0.6 is 0 Å². The van der Waals surface area contributed by atoms with Crippen molar-refractivity contribution in [2.24, 2.45) is 0 Å². The van der Waals surface area contributed by atoms with E-state index >= 15 is 0 Å². The van der Waals surface area contributed by atoms with Crippen molar-refractivity contribution in [1.82, 2.24) is 15.3 Å². The van der Waals surface area contributed by atoms with Gasteiger partial charge in [-0.3, -0.25) is 5.32 Å². The summed E-state index contributed by atoms with van der Waals surface area (Å²) in [7, 11) is 0. The first-order valence-corrected chi connectivity index (χ1v) is 20.7. The molecule has 0 saturated heterocycles. The van der Waals surface area contributed by atoms with Crippen LogP contribution in [0.5, 0.6) is 0 Å². The van der Waals surface area contributed by atoms with Gasteiger partial charge in [-0.1, -0.05) is 133 Å². The molecule has 3 heterocycles. The molecule has 2 unspecified atom stereocenters. The Balaban J connectivity index is 1.05. The van der Waals surface area contributed by atoms with E-state index in [1.165, 1.54) is 32.7 Å². The van der Waals surface area contributed by atoms with E-state index in [9.17, 15) is 0 Å². The number of nitrogens with one attached hydrogen (secondary N) is 2. The van der Waals surface area contributed by atoms with E-state index in [2.05, 4.69) is 163 Å². The van der Waals surface area contributed by atoms with Gasteiger partial charge in [0.15, 0.2) is 11.2 Å². The van der Waals surface area contributed by atoms with Crippen molar-refractivity contribution >= 4 is 49.4 Å². The molecule has 6 heteroatoms. The first kappa shape index (κ1) is 35.2. The molecule has 0 aliphatic carbocycles. The average Bonchev–Trinajstić information content (AvgIpc) is 3.96. The van der Waals surface area contributed by atoms with E-state index in [0.717, 1.165) is 66.8 Å². The fourth-order valence-electron chi connectivity index (χ4n) is 9.16. The van der Waals surface area contributed by atoms with Gasteiger partial charge in [0, 0.05) is 22.4 Å². The summed E-state index contributed by atoms with van der Waals surface area (Å²) >= 11 is 0. The van der Waals surface area contributed by atoms with Crippen LogP contribution in [0, 0.1) is 0 Å². The van der Waals surface area contributed by atoms with Crippen LogP contribution in [0.25, 0.3) is 88.9 Å². The van der Waals surface area contributed by atoms with Crippen LogP contribution < -0.4 is 10.6 Å². The SMILES string of the molecule is CC1(c2ccc(-c3nc4ccccc4o3)cc2)Nc2c(-c3cccc4ccccc34)cc(-c3cccc4ccccc34)cc2C(c2ccc(-c3nc4ccccc4o3)cc2)N1. The molecule has 1 aliphatic heterocycles. The van der Waals surface area contributed by atoms with Gasteiger partial charge in [-0.25, -0.2) is 9.97 Å². The Kier molecular flexibility index (Phi) is 8.02. The molecule has 0 saturated carbocycles. The van der Waals surface area contributed by atoms with Gasteiger partial charge in [-0.05, 0) is 123 Å². The number of benzene rings is 9. The summed E-state index contributed by atoms with van der Waals surface area (Å²) in [5.74, 6) is 1.20. The van der Waals surface area contributed by atoms with Gasteiger partial charge >= 0.3 is 0 Å². The molecule has 11 aromatic rings. The molecule has 0 fully saturated rings. The second-order valence-electron chi connectivity index (χ2n) is 16.0. The van der Waals surface area contributed by atoms with Gasteiger partial charge in [0.25, 0.3) is 0 Å². The van der Waals surface area contributed by atoms with Crippen molar-refractivity contribution in [3.8, 4) is 45.2 Å². The lowest BCUT2D eigenvalue weighted by atomic mass is 9.82. The van der Waals surface area contributed by atoms with Crippen molar-refractivity contribution in [2.75, 3.05) is 5.32 Å². The first-order chi connectivity index (χ1) is 30.0. The number of fused-ring (bicyclic) bond motifs is 5. The van der Waals surface area contributed by atoms with Gasteiger partial charge < -0.3 is 14.2 Å². The highest BCUT2D eigenvalue weighted by molar-refractivity contribution is 6.03. The predicted octanol–water partition coefficient (Wildman–Crippen LogP) is 13.9. The number of hydrogen-bond donors (Lipinski definition) is 2. The number of anilines is 1. The molecule has 0 amide bonds. The smallest absolute Gasteiger partial charge is 0.227 e. The summed E-state index contributed by atoms with van der Waals surface area (Å²) in [6, 6.07) is 68.0. The Labute approximate surface area is 352 Å². The number of oxazole rings is 2. The molecule has 9 aromatic carbocycles. The van der Waals surface area contributed by atoms with Crippen molar-refractivity contribution in [2.45, 2.75) is 18.6 Å². The van der Waals surface area contributed by atoms with Gasteiger partial charge in [-0.2, -0.15) is 0 Å². The molecule has 12 rings (SSSR count). The van der Waals surface area contributed by atoms with Crippen LogP contribution in [0.1, 0.15) is 29.7 Å². The molecule has 0 radical (unpaired) electrons. The van der Waals surface area contributed by atoms with Gasteiger partial charge in [0.1, 0.15) is 16.7 Å². The van der Waals surface area contributed by atoms with E-state index in [1.54, 1.807) is 0 Å². The third kappa shape index (κ3) is 5.99. The summed E-state index contributed by atoms with van der Waals surface area (Å²) in [5.41, 5.74) is 13.5. The molecule has 61 heavy (non-hydrogen) atoms. The largest absolute Gasteiger partial charge is 0.436 e. The maximum Gasteiger partial charge on any atom is 0.227 e. The van der Waals surface area contributed by atoms with Crippen molar-refractivity contribution < 1.29 is 8.83 Å². The number of para-hydroxylation sites is 4. The zero-order valence-electron chi connectivity index (χ0n) is 33.3. The fraction of sp³-hybridized carbons (Fsp3) is 0.0545. The number of rotatable bonds is 6. The monoisotopic (exact) mass is 786 g/mol. The minimum atomic E-state index is -0.698. The van der Waals surface area contributed by atoms with Crippen LogP contribution in [-0.4, -0.2) is 9.97 Å². The molecule has 1 aliphatic rings. The first-order valence-electron chi connectivity index (χ1n) is 20.7. The number of nitrogens with zero attached hydrogens (tertiary/aromatic N) is 2. The van der Waals surface area contributed by atoms with Crippen LogP contribution in [0.15, 0.2) is 203 Å². The lowest BCUT2D eigenvalue weighted by Crippen LogP contribution is -2.51. The topological polar surface area (TPSA) is 76.1 Å². The maximum atomic E-state index is 6.20. The Morgan fingerprint density at radius 1 is 0.475 bits per heavy atom. The standard InChI is InChI=1S/C55H38N4O2/c1-55(40-30-28-38(29-31-40)54-57-48-21-7-9-23-50(48)61-54)58-51(36-24-26-37(27-25-36)53-56-47-20-6-8-22-49(47)60-53)46-33-39(43-18-10-14-34-12-2-4-16-41(34)43)32-45(52(46)59-55)44-19-11-15-35-13-3-5-17-42(35)44/h2-33,51,58-59H,1H3. The summed E-state index contributed by atoms with van der Waals surface area (Å²) < 4.78 is 12.4. The van der Waals surface area contributed by atoms with E-state index < -0.39 is 5.66 Å². The second kappa shape index (κ2) is 13.9. The number of aromatic nitrogens is 2. The third-order valence-electron chi connectivity index (χ3n) is 12.3. The molecule has 290 valence electrons. The normalized spacial score (nSPS) is 16.2. The molecule has 0 spiro atoms. The highest BCUT2D eigenvalue weighted by Crippen LogP contribution is 2.48. The Bertz CT molecular complexity index is 3380. The second-order valence-corrected chi connectivity index (χ2v) is 16.0. The predicted molar refractivity (Wildman–Crippen MR) is 247 cm³/mol. The summed E-state index contributed by atoms with van der Waals surface area (Å²) in [6.07, 6.45) is 0. The van der Waals surface area contributed by atoms with Crippen LogP contribution in [0.2, 0.25) is 0 Å². The lowest BCUT2D eigenvalue weighted by molar-refractivity contribution is 0.367. The Morgan fingerprint density at radius 3 is 1.62 bits per heavy atom. The molecule has 2 aromatic heterocycles. The van der Waals surface area contributed by atoms with E-state index in [0.29, 0.717) is 11.8 Å². The highest BCUT2D eigenvalue weighted by Gasteiger charge is 2.38. The van der Waals surface area contributed by atoms with Crippen molar-refractivity contribution in [3.05, 3.63) is 211 Å². The quantitative estimate of drug-likeness (QED) is 0.175. The fourth-order valence-corrected chi connectivity index (χ4v) is 9.16.